The highest BCUT2D eigenvalue weighted by Gasteiger charge is 2.27. The van der Waals surface area contributed by atoms with Gasteiger partial charge in [-0.1, -0.05) is 20.3 Å². The highest BCUT2D eigenvalue weighted by atomic mass is 16.3. The molecule has 2 nitrogen and oxygen atoms in total. The van der Waals surface area contributed by atoms with Crippen molar-refractivity contribution in [1.29, 1.82) is 0 Å². The summed E-state index contributed by atoms with van der Waals surface area (Å²) in [5, 5.41) is 9.86. The molecule has 0 aliphatic heterocycles. The van der Waals surface area contributed by atoms with E-state index in [1.807, 2.05) is 13.8 Å². The van der Waals surface area contributed by atoms with E-state index in [0.717, 1.165) is 19.3 Å². The molecule has 0 aromatic rings. The Kier molecular flexibility index (Phi) is 4.69. The van der Waals surface area contributed by atoms with Crippen molar-refractivity contribution in [3.8, 4) is 0 Å². The highest BCUT2D eigenvalue weighted by molar-refractivity contribution is 4.79. The Hall–Kier alpha value is -0.0800. The molecule has 0 rings (SSSR count). The van der Waals surface area contributed by atoms with Gasteiger partial charge in [-0.25, -0.2) is 0 Å². The summed E-state index contributed by atoms with van der Waals surface area (Å²) in [6, 6.07) is 0. The normalized spacial score (nSPS) is 19.4. The molecule has 1 unspecified atom stereocenters. The van der Waals surface area contributed by atoms with Gasteiger partial charge in [-0.2, -0.15) is 0 Å². The van der Waals surface area contributed by atoms with E-state index in [-0.39, 0.29) is 0 Å². The Morgan fingerprint density at radius 2 is 2.00 bits per heavy atom. The van der Waals surface area contributed by atoms with Gasteiger partial charge in [-0.3, -0.25) is 0 Å². The van der Waals surface area contributed by atoms with E-state index < -0.39 is 5.60 Å². The van der Waals surface area contributed by atoms with Crippen molar-refractivity contribution in [2.24, 2.45) is 11.7 Å². The predicted molar refractivity (Wildman–Crippen MR) is 48.4 cm³/mol. The van der Waals surface area contributed by atoms with Gasteiger partial charge < -0.3 is 10.8 Å². The molecule has 0 bridgehead atoms. The lowest BCUT2D eigenvalue weighted by Gasteiger charge is -2.31. The van der Waals surface area contributed by atoms with E-state index in [0.29, 0.717) is 12.5 Å². The standard InChI is InChI=1S/C9H21NO/c1-4-8(6-7-10)9(3,11)5-2/h8,11H,4-7,10H2,1-3H3/t8?,9-/m1/s1. The molecule has 0 aliphatic rings. The molecule has 0 saturated carbocycles. The van der Waals surface area contributed by atoms with Crippen LogP contribution in [0, 0.1) is 5.92 Å². The predicted octanol–water partition coefficient (Wildman–Crippen LogP) is 1.52. The SMILES string of the molecule is CCC(CCN)[C@](C)(O)CC. The van der Waals surface area contributed by atoms with Crippen LogP contribution in [-0.2, 0) is 0 Å². The first-order valence-electron chi connectivity index (χ1n) is 4.50. The first kappa shape index (κ1) is 10.9. The van der Waals surface area contributed by atoms with E-state index >= 15 is 0 Å². The molecule has 0 spiro atoms. The smallest absolute Gasteiger partial charge is 0.0645 e. The fourth-order valence-electron chi connectivity index (χ4n) is 1.44. The molecule has 0 aromatic heterocycles. The fourth-order valence-corrected chi connectivity index (χ4v) is 1.44. The Morgan fingerprint density at radius 3 is 2.27 bits per heavy atom. The third kappa shape index (κ3) is 3.21. The van der Waals surface area contributed by atoms with Gasteiger partial charge in [-0.15, -0.1) is 0 Å². The van der Waals surface area contributed by atoms with Gasteiger partial charge in [0.2, 0.25) is 0 Å². The average Bonchev–Trinajstić information content (AvgIpc) is 2.00. The third-order valence-electron chi connectivity index (χ3n) is 2.60. The van der Waals surface area contributed by atoms with Crippen LogP contribution in [0.5, 0.6) is 0 Å². The average molecular weight is 159 g/mol. The first-order valence-corrected chi connectivity index (χ1v) is 4.50. The van der Waals surface area contributed by atoms with Gasteiger partial charge in [0, 0.05) is 0 Å². The van der Waals surface area contributed by atoms with E-state index in [9.17, 15) is 5.11 Å². The third-order valence-corrected chi connectivity index (χ3v) is 2.60. The second-order valence-corrected chi connectivity index (χ2v) is 3.39. The Bertz CT molecular complexity index is 102. The van der Waals surface area contributed by atoms with E-state index in [1.165, 1.54) is 0 Å². The summed E-state index contributed by atoms with van der Waals surface area (Å²) in [6.45, 7) is 6.69. The van der Waals surface area contributed by atoms with Crippen molar-refractivity contribution >= 4 is 0 Å². The zero-order valence-electron chi connectivity index (χ0n) is 7.93. The van der Waals surface area contributed by atoms with Crippen LogP contribution in [0.1, 0.15) is 40.0 Å². The first-order chi connectivity index (χ1) is 5.08. The second kappa shape index (κ2) is 4.73. The number of nitrogens with two attached hydrogens (primary N) is 1. The summed E-state index contributed by atoms with van der Waals surface area (Å²) in [4.78, 5) is 0. The topological polar surface area (TPSA) is 46.2 Å². The molecule has 0 fully saturated rings. The zero-order valence-corrected chi connectivity index (χ0v) is 7.93. The second-order valence-electron chi connectivity index (χ2n) is 3.39. The lowest BCUT2D eigenvalue weighted by Crippen LogP contribution is -2.34. The molecule has 3 N–H and O–H groups in total. The molecule has 2 atom stereocenters. The summed E-state index contributed by atoms with van der Waals surface area (Å²) in [6.07, 6.45) is 2.75. The van der Waals surface area contributed by atoms with Crippen LogP contribution in [0.15, 0.2) is 0 Å². The van der Waals surface area contributed by atoms with Crippen molar-refractivity contribution in [2.75, 3.05) is 6.54 Å². The van der Waals surface area contributed by atoms with Gasteiger partial charge in [-0.05, 0) is 32.2 Å². The minimum atomic E-state index is -0.520. The van der Waals surface area contributed by atoms with E-state index in [2.05, 4.69) is 6.92 Å². The van der Waals surface area contributed by atoms with Crippen LogP contribution in [0.2, 0.25) is 0 Å². The molecule has 0 aromatic carbocycles. The number of aliphatic hydroxyl groups is 1. The maximum Gasteiger partial charge on any atom is 0.0645 e. The van der Waals surface area contributed by atoms with Crippen LogP contribution < -0.4 is 5.73 Å². The molecule has 11 heavy (non-hydrogen) atoms. The van der Waals surface area contributed by atoms with Gasteiger partial charge in [0.05, 0.1) is 5.60 Å². The molecule has 2 heteroatoms. The number of hydrogen-bond donors (Lipinski definition) is 2. The van der Waals surface area contributed by atoms with Crippen molar-refractivity contribution in [3.63, 3.8) is 0 Å². The summed E-state index contributed by atoms with van der Waals surface area (Å²) in [7, 11) is 0. The van der Waals surface area contributed by atoms with E-state index in [1.54, 1.807) is 0 Å². The molecule has 0 heterocycles. The minimum Gasteiger partial charge on any atom is -0.390 e. The monoisotopic (exact) mass is 159 g/mol. The maximum absolute atomic E-state index is 9.86. The van der Waals surface area contributed by atoms with Gasteiger partial charge >= 0.3 is 0 Å². The Balaban J connectivity index is 3.99. The summed E-state index contributed by atoms with van der Waals surface area (Å²) in [5.41, 5.74) is 4.93. The van der Waals surface area contributed by atoms with Crippen LogP contribution in [0.25, 0.3) is 0 Å². The van der Waals surface area contributed by atoms with Gasteiger partial charge in [0.25, 0.3) is 0 Å². The van der Waals surface area contributed by atoms with Crippen LogP contribution in [0.3, 0.4) is 0 Å². The molecule has 0 saturated heterocycles. The Labute approximate surface area is 69.8 Å². The minimum absolute atomic E-state index is 0.359. The fraction of sp³-hybridized carbons (Fsp3) is 1.00. The lowest BCUT2D eigenvalue weighted by molar-refractivity contribution is -0.00881. The van der Waals surface area contributed by atoms with Gasteiger partial charge in [0.15, 0.2) is 0 Å². The van der Waals surface area contributed by atoms with Crippen molar-refractivity contribution in [1.82, 2.24) is 0 Å². The number of rotatable bonds is 5. The zero-order chi connectivity index (χ0) is 8.91. The quantitative estimate of drug-likeness (QED) is 0.639. The largest absolute Gasteiger partial charge is 0.390 e. The van der Waals surface area contributed by atoms with Crippen LogP contribution >= 0.6 is 0 Å². The molecular weight excluding hydrogens is 138 g/mol. The van der Waals surface area contributed by atoms with E-state index in [4.69, 9.17) is 5.73 Å². The van der Waals surface area contributed by atoms with Crippen LogP contribution in [0.4, 0.5) is 0 Å². The maximum atomic E-state index is 9.86. The molecule has 68 valence electrons. The van der Waals surface area contributed by atoms with Crippen LogP contribution in [-0.4, -0.2) is 17.3 Å². The van der Waals surface area contributed by atoms with Crippen molar-refractivity contribution in [3.05, 3.63) is 0 Å². The van der Waals surface area contributed by atoms with Crippen molar-refractivity contribution in [2.45, 2.75) is 45.6 Å². The molecule has 0 amide bonds. The molecule has 0 radical (unpaired) electrons. The summed E-state index contributed by atoms with van der Waals surface area (Å²) in [5.74, 6) is 0.359. The van der Waals surface area contributed by atoms with Gasteiger partial charge in [0.1, 0.15) is 0 Å². The van der Waals surface area contributed by atoms with Crippen molar-refractivity contribution < 1.29 is 5.11 Å². The Morgan fingerprint density at radius 1 is 1.45 bits per heavy atom. The summed E-state index contributed by atoms with van der Waals surface area (Å²) >= 11 is 0. The molecule has 0 aliphatic carbocycles. The highest BCUT2D eigenvalue weighted by Crippen LogP contribution is 2.26. The molecular formula is C9H21NO. The summed E-state index contributed by atoms with van der Waals surface area (Å²) < 4.78 is 0. The number of hydrogen-bond acceptors (Lipinski definition) is 2. The lowest BCUT2D eigenvalue weighted by atomic mass is 9.83.